The number of nitrogens with zero attached hydrogens (tertiary/aromatic N) is 2. The van der Waals surface area contributed by atoms with Crippen molar-refractivity contribution in [1.82, 2.24) is 15.5 Å². The predicted octanol–water partition coefficient (Wildman–Crippen LogP) is 1.98. The van der Waals surface area contributed by atoms with Crippen molar-refractivity contribution >= 4 is 17.7 Å². The maximum absolute atomic E-state index is 11.8. The number of hydrogen-bond donors (Lipinski definition) is 3. The van der Waals surface area contributed by atoms with E-state index >= 15 is 0 Å². The van der Waals surface area contributed by atoms with Crippen LogP contribution < -0.4 is 15.8 Å². The summed E-state index contributed by atoms with van der Waals surface area (Å²) in [5, 5.41) is 15.2. The fourth-order valence-electron chi connectivity index (χ4n) is 2.02. The smallest absolute Gasteiger partial charge is 0.408 e. The molecule has 1 unspecified atom stereocenters. The third kappa shape index (κ3) is 5.87. The van der Waals surface area contributed by atoms with Gasteiger partial charge in [0.05, 0.1) is 5.69 Å². The molecule has 0 aliphatic rings. The monoisotopic (exact) mass is 378 g/mol. The second kappa shape index (κ2) is 7.94. The second-order valence-electron chi connectivity index (χ2n) is 6.75. The highest BCUT2D eigenvalue weighted by Crippen LogP contribution is 2.27. The molecule has 0 radical (unpaired) electrons. The number of aromatic nitrogens is 2. The maximum atomic E-state index is 11.8. The first-order valence-electron chi connectivity index (χ1n) is 8.10. The fraction of sp³-hybridized carbons (Fsp3) is 0.412. The van der Waals surface area contributed by atoms with Gasteiger partial charge in [-0.1, -0.05) is 5.16 Å². The Hall–Kier alpha value is -3.30. The lowest BCUT2D eigenvalue weighted by molar-refractivity contribution is -0.140. The van der Waals surface area contributed by atoms with Crippen LogP contribution >= 0.6 is 0 Å². The van der Waals surface area contributed by atoms with E-state index in [2.05, 4.69) is 15.5 Å². The molecule has 1 atom stereocenters. The average Bonchev–Trinajstić information content (AvgIpc) is 2.96. The molecule has 2 rings (SSSR count). The number of carbonyl (C=O) groups is 2. The molecule has 27 heavy (non-hydrogen) atoms. The number of alkyl carbamates (subject to hydrolysis) is 1. The molecule has 1 amide bonds. The number of carbonyl (C=O) groups excluding carboxylic acids is 1. The number of benzene rings is 1. The van der Waals surface area contributed by atoms with Crippen LogP contribution in [-0.4, -0.2) is 45.6 Å². The van der Waals surface area contributed by atoms with E-state index in [0.717, 1.165) is 0 Å². The van der Waals surface area contributed by atoms with E-state index in [1.807, 2.05) is 0 Å². The van der Waals surface area contributed by atoms with Crippen LogP contribution in [-0.2, 0) is 9.53 Å². The number of anilines is 1. The van der Waals surface area contributed by atoms with Gasteiger partial charge in [0.25, 0.3) is 5.89 Å². The predicted molar refractivity (Wildman–Crippen MR) is 95.2 cm³/mol. The number of carboxylic acid groups (broad SMARTS) is 1. The molecule has 4 N–H and O–H groups in total. The molecule has 1 heterocycles. The number of aryl methyl sites for hydroxylation is 1. The number of nitrogens with two attached hydrogens (primary N) is 1. The average molecular weight is 378 g/mol. The number of carboxylic acids is 1. The van der Waals surface area contributed by atoms with Gasteiger partial charge in [-0.25, -0.2) is 9.59 Å². The molecule has 146 valence electrons. The summed E-state index contributed by atoms with van der Waals surface area (Å²) in [7, 11) is 0. The molecular weight excluding hydrogens is 356 g/mol. The Morgan fingerprint density at radius 1 is 1.37 bits per heavy atom. The highest BCUT2D eigenvalue weighted by molar-refractivity contribution is 5.80. The lowest BCUT2D eigenvalue weighted by Gasteiger charge is -2.22. The zero-order chi connectivity index (χ0) is 20.2. The summed E-state index contributed by atoms with van der Waals surface area (Å²) in [6.45, 7) is 6.37. The van der Waals surface area contributed by atoms with Crippen LogP contribution in [0.5, 0.6) is 5.75 Å². The minimum absolute atomic E-state index is 0.254. The van der Waals surface area contributed by atoms with Crippen LogP contribution in [0.3, 0.4) is 0 Å². The van der Waals surface area contributed by atoms with Crippen molar-refractivity contribution in [2.45, 2.75) is 39.3 Å². The molecule has 0 saturated heterocycles. The Kier molecular flexibility index (Phi) is 5.88. The minimum atomic E-state index is -1.31. The van der Waals surface area contributed by atoms with E-state index in [4.69, 9.17) is 19.7 Å². The summed E-state index contributed by atoms with van der Waals surface area (Å²) in [4.78, 5) is 27.2. The summed E-state index contributed by atoms with van der Waals surface area (Å²) < 4.78 is 15.6. The van der Waals surface area contributed by atoms with Gasteiger partial charge in [-0.2, -0.15) is 4.98 Å². The zero-order valence-electron chi connectivity index (χ0n) is 15.5. The first-order chi connectivity index (χ1) is 12.5. The molecule has 10 nitrogen and oxygen atoms in total. The molecular formula is C17H22N4O6. The van der Waals surface area contributed by atoms with E-state index in [1.54, 1.807) is 45.9 Å². The Morgan fingerprint density at radius 2 is 2.07 bits per heavy atom. The first kappa shape index (κ1) is 20.0. The molecule has 0 saturated carbocycles. The second-order valence-corrected chi connectivity index (χ2v) is 6.75. The molecule has 0 aliphatic carbocycles. The number of rotatable bonds is 6. The number of aliphatic carboxylic acids is 1. The van der Waals surface area contributed by atoms with Crippen LogP contribution in [0, 0.1) is 6.92 Å². The largest absolute Gasteiger partial charge is 0.489 e. The number of amides is 1. The van der Waals surface area contributed by atoms with Gasteiger partial charge in [0.1, 0.15) is 18.0 Å². The van der Waals surface area contributed by atoms with Gasteiger partial charge >= 0.3 is 12.1 Å². The summed E-state index contributed by atoms with van der Waals surface area (Å²) in [5.41, 5.74) is 6.04. The fourth-order valence-corrected chi connectivity index (χ4v) is 2.02. The van der Waals surface area contributed by atoms with Gasteiger partial charge in [-0.3, -0.25) is 0 Å². The molecule has 1 aromatic carbocycles. The van der Waals surface area contributed by atoms with E-state index < -0.39 is 23.7 Å². The summed E-state index contributed by atoms with van der Waals surface area (Å²) in [6, 6.07) is 3.46. The van der Waals surface area contributed by atoms with Crippen molar-refractivity contribution in [3.63, 3.8) is 0 Å². The number of hydrogen-bond acceptors (Lipinski definition) is 8. The van der Waals surface area contributed by atoms with Crippen molar-refractivity contribution in [2.24, 2.45) is 0 Å². The van der Waals surface area contributed by atoms with Gasteiger partial charge in [0, 0.05) is 5.56 Å². The minimum Gasteiger partial charge on any atom is -0.489 e. The highest BCUT2D eigenvalue weighted by Gasteiger charge is 2.25. The molecule has 0 aliphatic heterocycles. The SMILES string of the molecule is Cc1noc(-c2ccc(OCC(NC(=O)OC(C)(C)C)C(=O)O)c(N)c2)n1. The van der Waals surface area contributed by atoms with Crippen LogP contribution in [0.1, 0.15) is 26.6 Å². The zero-order valence-corrected chi connectivity index (χ0v) is 15.5. The van der Waals surface area contributed by atoms with Crippen molar-refractivity contribution in [2.75, 3.05) is 12.3 Å². The molecule has 0 fully saturated rings. The topological polar surface area (TPSA) is 150 Å². The van der Waals surface area contributed by atoms with E-state index in [0.29, 0.717) is 17.3 Å². The van der Waals surface area contributed by atoms with Crippen LogP contribution in [0.2, 0.25) is 0 Å². The molecule has 10 heteroatoms. The molecule has 0 spiro atoms. The molecule has 2 aromatic rings. The highest BCUT2D eigenvalue weighted by atomic mass is 16.6. The van der Waals surface area contributed by atoms with Gasteiger partial charge in [0.2, 0.25) is 0 Å². The van der Waals surface area contributed by atoms with E-state index in [-0.39, 0.29) is 18.0 Å². The number of nitrogens with one attached hydrogen (secondary N) is 1. The summed E-state index contributed by atoms with van der Waals surface area (Å²) in [6.07, 6.45) is -0.853. The van der Waals surface area contributed by atoms with E-state index in [1.165, 1.54) is 0 Å². The van der Waals surface area contributed by atoms with Gasteiger partial charge in [-0.15, -0.1) is 0 Å². The third-order valence-electron chi connectivity index (χ3n) is 3.18. The summed E-state index contributed by atoms with van der Waals surface area (Å²) >= 11 is 0. The van der Waals surface area contributed by atoms with Crippen molar-refractivity contribution in [3.05, 3.63) is 24.0 Å². The van der Waals surface area contributed by atoms with Crippen LogP contribution in [0.4, 0.5) is 10.5 Å². The Bertz CT molecular complexity index is 827. The molecule has 1 aromatic heterocycles. The maximum Gasteiger partial charge on any atom is 0.408 e. The normalized spacial score (nSPS) is 12.3. The lowest BCUT2D eigenvalue weighted by atomic mass is 10.2. The van der Waals surface area contributed by atoms with E-state index in [9.17, 15) is 14.7 Å². The van der Waals surface area contributed by atoms with Crippen LogP contribution in [0.15, 0.2) is 22.7 Å². The van der Waals surface area contributed by atoms with Crippen molar-refractivity contribution in [3.8, 4) is 17.2 Å². The van der Waals surface area contributed by atoms with Gasteiger partial charge in [0.15, 0.2) is 11.9 Å². The third-order valence-corrected chi connectivity index (χ3v) is 3.18. The van der Waals surface area contributed by atoms with Crippen molar-refractivity contribution < 1.29 is 28.7 Å². The molecule has 0 bridgehead atoms. The summed E-state index contributed by atoms with van der Waals surface area (Å²) in [5.74, 6) is -0.216. The quantitative estimate of drug-likeness (QED) is 0.641. The lowest BCUT2D eigenvalue weighted by Crippen LogP contribution is -2.46. The number of ether oxygens (including phenoxy) is 2. The first-order valence-corrected chi connectivity index (χ1v) is 8.10. The number of nitrogen functional groups attached to an aromatic ring is 1. The Labute approximate surface area is 155 Å². The van der Waals surface area contributed by atoms with Gasteiger partial charge < -0.3 is 30.2 Å². The van der Waals surface area contributed by atoms with Crippen LogP contribution in [0.25, 0.3) is 11.5 Å². The standard InChI is InChI=1S/C17H22N4O6/c1-9-19-14(27-21-9)10-5-6-13(11(18)7-10)25-8-12(15(22)23)20-16(24)26-17(2,3)4/h5-7,12H,8,18H2,1-4H3,(H,20,24)(H,22,23). The van der Waals surface area contributed by atoms with Crippen molar-refractivity contribution in [1.29, 1.82) is 0 Å². The Morgan fingerprint density at radius 3 is 2.59 bits per heavy atom. The Balaban J connectivity index is 2.02. The van der Waals surface area contributed by atoms with Gasteiger partial charge in [-0.05, 0) is 45.9 Å².